The van der Waals surface area contributed by atoms with Crippen molar-refractivity contribution in [1.29, 1.82) is 0 Å². The van der Waals surface area contributed by atoms with Crippen molar-refractivity contribution in [3.05, 3.63) is 76.1 Å². The van der Waals surface area contributed by atoms with Crippen LogP contribution in [0.15, 0.2) is 63.8 Å². The lowest BCUT2D eigenvalue weighted by molar-refractivity contribution is 0.0818. The lowest BCUT2D eigenvalue weighted by Gasteiger charge is -2.19. The fraction of sp³-hybridized carbons (Fsp3) is 0.273. The molecule has 0 bridgehead atoms. The van der Waals surface area contributed by atoms with E-state index in [1.807, 2.05) is 24.3 Å². The number of benzene rings is 2. The number of Topliss-reactive ketones (excluding diaryl/α,β-unsaturated/α-hetero) is 1. The molecule has 0 N–H and O–H groups in total. The van der Waals surface area contributed by atoms with Crippen molar-refractivity contribution in [2.75, 3.05) is 0 Å². The number of carbonyl (C=O) groups is 1. The molecule has 0 amide bonds. The highest BCUT2D eigenvalue weighted by Crippen LogP contribution is 2.24. The van der Waals surface area contributed by atoms with Crippen LogP contribution in [0.4, 0.5) is 0 Å². The first kappa shape index (κ1) is 17.9. The number of fused-ring (bicyclic) bond motifs is 1. The molecule has 0 aliphatic heterocycles. The third-order valence-electron chi connectivity index (χ3n) is 4.31. The molecule has 1 aromatic heterocycles. The van der Waals surface area contributed by atoms with Gasteiger partial charge in [0.05, 0.1) is 0 Å². The summed E-state index contributed by atoms with van der Waals surface area (Å²) in [6, 6.07) is 15.9. The first-order chi connectivity index (χ1) is 12.2. The Morgan fingerprint density at radius 2 is 1.65 bits per heavy atom. The molecule has 3 rings (SSSR count). The molecule has 0 radical (unpaired) electrons. The van der Waals surface area contributed by atoms with Crippen molar-refractivity contribution < 1.29 is 13.9 Å². The number of carbonyl (C=O) groups excluding carboxylic acids is 1. The Labute approximate surface area is 152 Å². The maximum atomic E-state index is 12.6. The van der Waals surface area contributed by atoms with Gasteiger partial charge in [-0.25, -0.2) is 4.79 Å². The Kier molecular flexibility index (Phi) is 4.68. The van der Waals surface area contributed by atoms with Crippen molar-refractivity contribution in [3.8, 4) is 5.75 Å². The highest BCUT2D eigenvalue weighted by atomic mass is 16.5. The third-order valence-corrected chi connectivity index (χ3v) is 4.31. The van der Waals surface area contributed by atoms with E-state index in [1.54, 1.807) is 31.2 Å². The average molecular weight is 350 g/mol. The molecular weight excluding hydrogens is 328 g/mol. The predicted molar refractivity (Wildman–Crippen MR) is 102 cm³/mol. The van der Waals surface area contributed by atoms with E-state index in [1.165, 1.54) is 11.6 Å². The van der Waals surface area contributed by atoms with E-state index in [0.29, 0.717) is 16.9 Å². The maximum absolute atomic E-state index is 12.6. The molecule has 2 aromatic carbocycles. The van der Waals surface area contributed by atoms with Gasteiger partial charge in [0.15, 0.2) is 6.10 Å². The van der Waals surface area contributed by atoms with Gasteiger partial charge in [0, 0.05) is 23.1 Å². The van der Waals surface area contributed by atoms with Crippen LogP contribution < -0.4 is 10.4 Å². The van der Waals surface area contributed by atoms with E-state index in [2.05, 4.69) is 20.8 Å². The molecule has 134 valence electrons. The minimum atomic E-state index is -0.650. The molecular formula is C22H22O4. The molecule has 3 aromatic rings. The van der Waals surface area contributed by atoms with Crippen LogP contribution in [-0.4, -0.2) is 11.9 Å². The van der Waals surface area contributed by atoms with Crippen LogP contribution in [0.5, 0.6) is 5.75 Å². The summed E-state index contributed by atoms with van der Waals surface area (Å²) in [5, 5.41) is 0.800. The predicted octanol–water partition coefficient (Wildman–Crippen LogP) is 4.74. The minimum Gasteiger partial charge on any atom is -0.482 e. The van der Waals surface area contributed by atoms with Crippen molar-refractivity contribution in [1.82, 2.24) is 0 Å². The monoisotopic (exact) mass is 350 g/mol. The average Bonchev–Trinajstić information content (AvgIpc) is 2.60. The van der Waals surface area contributed by atoms with E-state index >= 15 is 0 Å². The van der Waals surface area contributed by atoms with E-state index < -0.39 is 11.7 Å². The number of hydrogen-bond donors (Lipinski definition) is 0. The topological polar surface area (TPSA) is 56.5 Å². The van der Waals surface area contributed by atoms with Gasteiger partial charge in [-0.3, -0.25) is 4.79 Å². The molecule has 0 spiro atoms. The van der Waals surface area contributed by atoms with Crippen molar-refractivity contribution in [3.63, 3.8) is 0 Å². The van der Waals surface area contributed by atoms with Gasteiger partial charge in [0.25, 0.3) is 0 Å². The summed E-state index contributed by atoms with van der Waals surface area (Å²) >= 11 is 0. The standard InChI is InChI=1S/C22H22O4/c1-14(21(24)16-5-9-17(10-6-16)22(2,3)4)25-18-11-7-15-8-12-20(23)26-19(15)13-18/h5-14H,1-4H3/t14-/m0/s1. The summed E-state index contributed by atoms with van der Waals surface area (Å²) in [4.78, 5) is 24.0. The highest BCUT2D eigenvalue weighted by Gasteiger charge is 2.19. The SMILES string of the molecule is C[C@H](Oc1ccc2ccc(=O)oc2c1)C(=O)c1ccc(C(C)(C)C)cc1. The molecule has 0 aliphatic carbocycles. The van der Waals surface area contributed by atoms with Gasteiger partial charge >= 0.3 is 5.63 Å². The fourth-order valence-corrected chi connectivity index (χ4v) is 2.74. The molecule has 0 saturated heterocycles. The van der Waals surface area contributed by atoms with Gasteiger partial charge in [0.1, 0.15) is 11.3 Å². The minimum absolute atomic E-state index is 0.0404. The summed E-state index contributed by atoms with van der Waals surface area (Å²) in [7, 11) is 0. The van der Waals surface area contributed by atoms with Crippen molar-refractivity contribution >= 4 is 16.8 Å². The lowest BCUT2D eigenvalue weighted by atomic mass is 9.86. The number of rotatable bonds is 4. The summed E-state index contributed by atoms with van der Waals surface area (Å²) in [6.45, 7) is 8.11. The zero-order valence-electron chi connectivity index (χ0n) is 15.4. The van der Waals surface area contributed by atoms with Gasteiger partial charge < -0.3 is 9.15 Å². The second kappa shape index (κ2) is 6.79. The summed E-state index contributed by atoms with van der Waals surface area (Å²) in [5.41, 5.74) is 1.84. The van der Waals surface area contributed by atoms with Gasteiger partial charge in [-0.15, -0.1) is 0 Å². The second-order valence-corrected chi connectivity index (χ2v) is 7.41. The molecule has 1 heterocycles. The second-order valence-electron chi connectivity index (χ2n) is 7.41. The van der Waals surface area contributed by atoms with E-state index in [4.69, 9.17) is 9.15 Å². The summed E-state index contributed by atoms with van der Waals surface area (Å²) in [6.07, 6.45) is -0.650. The van der Waals surface area contributed by atoms with Crippen molar-refractivity contribution in [2.24, 2.45) is 0 Å². The van der Waals surface area contributed by atoms with E-state index in [0.717, 1.165) is 5.39 Å². The Balaban J connectivity index is 1.77. The number of hydrogen-bond acceptors (Lipinski definition) is 4. The molecule has 0 aliphatic rings. The van der Waals surface area contributed by atoms with Gasteiger partial charge in [-0.1, -0.05) is 45.0 Å². The smallest absolute Gasteiger partial charge is 0.336 e. The molecule has 0 fully saturated rings. The normalized spacial score (nSPS) is 12.8. The zero-order valence-corrected chi connectivity index (χ0v) is 15.4. The van der Waals surface area contributed by atoms with Crippen LogP contribution in [0.3, 0.4) is 0 Å². The molecule has 4 heteroatoms. The summed E-state index contributed by atoms with van der Waals surface area (Å²) in [5.74, 6) is 0.388. The largest absolute Gasteiger partial charge is 0.482 e. The lowest BCUT2D eigenvalue weighted by Crippen LogP contribution is -2.24. The third kappa shape index (κ3) is 3.85. The Morgan fingerprint density at radius 1 is 1.00 bits per heavy atom. The first-order valence-corrected chi connectivity index (χ1v) is 8.59. The molecule has 0 unspecified atom stereocenters. The van der Waals surface area contributed by atoms with Crippen LogP contribution in [-0.2, 0) is 5.41 Å². The number of ether oxygens (including phenoxy) is 1. The van der Waals surface area contributed by atoms with Crippen LogP contribution in [0, 0.1) is 0 Å². The Hall–Kier alpha value is -2.88. The molecule has 0 saturated carbocycles. The van der Waals surface area contributed by atoms with Gasteiger partial charge in [-0.05, 0) is 36.1 Å². The van der Waals surface area contributed by atoms with Gasteiger partial charge in [-0.2, -0.15) is 0 Å². The summed E-state index contributed by atoms with van der Waals surface area (Å²) < 4.78 is 10.9. The van der Waals surface area contributed by atoms with Crippen LogP contribution >= 0.6 is 0 Å². The number of ketones is 1. The fourth-order valence-electron chi connectivity index (χ4n) is 2.74. The maximum Gasteiger partial charge on any atom is 0.336 e. The zero-order chi connectivity index (χ0) is 18.9. The Morgan fingerprint density at radius 3 is 2.31 bits per heavy atom. The van der Waals surface area contributed by atoms with E-state index in [-0.39, 0.29) is 11.2 Å². The van der Waals surface area contributed by atoms with Crippen LogP contribution in [0.1, 0.15) is 43.6 Å². The Bertz CT molecular complexity index is 991. The van der Waals surface area contributed by atoms with E-state index in [9.17, 15) is 9.59 Å². The van der Waals surface area contributed by atoms with Crippen LogP contribution in [0.2, 0.25) is 0 Å². The highest BCUT2D eigenvalue weighted by molar-refractivity contribution is 5.99. The molecule has 1 atom stereocenters. The van der Waals surface area contributed by atoms with Gasteiger partial charge in [0.2, 0.25) is 5.78 Å². The van der Waals surface area contributed by atoms with Crippen LogP contribution in [0.25, 0.3) is 11.0 Å². The molecule has 26 heavy (non-hydrogen) atoms. The first-order valence-electron chi connectivity index (χ1n) is 8.59. The van der Waals surface area contributed by atoms with Crippen molar-refractivity contribution in [2.45, 2.75) is 39.2 Å². The quantitative estimate of drug-likeness (QED) is 0.504. The molecule has 4 nitrogen and oxygen atoms in total.